The van der Waals surface area contributed by atoms with Gasteiger partial charge in [-0.1, -0.05) is 18.1 Å². The average molecular weight is 344 g/mol. The molecule has 116 valence electrons. The largest absolute Gasteiger partial charge is 0.337 e. The Morgan fingerprint density at radius 2 is 2.26 bits per heavy atom. The number of hydrogen-bond acceptors (Lipinski definition) is 7. The topological polar surface area (TPSA) is 73.8 Å². The van der Waals surface area contributed by atoms with E-state index in [1.54, 1.807) is 11.3 Å². The van der Waals surface area contributed by atoms with Gasteiger partial charge in [-0.15, -0.1) is 22.7 Å². The van der Waals surface area contributed by atoms with Gasteiger partial charge in [-0.3, -0.25) is 9.36 Å². The first-order valence-electron chi connectivity index (χ1n) is 7.08. The van der Waals surface area contributed by atoms with Crippen LogP contribution in [-0.2, 0) is 13.0 Å². The first kappa shape index (κ1) is 14.3. The van der Waals surface area contributed by atoms with E-state index in [9.17, 15) is 4.79 Å². The molecule has 23 heavy (non-hydrogen) atoms. The maximum atomic E-state index is 12.8. The highest BCUT2D eigenvalue weighted by molar-refractivity contribution is 7.18. The van der Waals surface area contributed by atoms with Crippen molar-refractivity contribution in [1.29, 1.82) is 0 Å². The van der Waals surface area contributed by atoms with E-state index in [1.807, 2.05) is 29.8 Å². The third kappa shape index (κ3) is 2.49. The molecule has 0 bridgehead atoms. The van der Waals surface area contributed by atoms with Gasteiger partial charge in [0.05, 0.1) is 11.7 Å². The summed E-state index contributed by atoms with van der Waals surface area (Å²) < 4.78 is 6.68. The van der Waals surface area contributed by atoms with Crippen LogP contribution in [0.25, 0.3) is 20.7 Å². The van der Waals surface area contributed by atoms with Gasteiger partial charge in [-0.25, -0.2) is 4.98 Å². The number of fused-ring (bicyclic) bond motifs is 1. The summed E-state index contributed by atoms with van der Waals surface area (Å²) >= 11 is 3.09. The Hall–Kier alpha value is -2.32. The van der Waals surface area contributed by atoms with Gasteiger partial charge in [-0.2, -0.15) is 4.98 Å². The lowest BCUT2D eigenvalue weighted by Gasteiger charge is -2.02. The van der Waals surface area contributed by atoms with E-state index in [4.69, 9.17) is 4.52 Å². The van der Waals surface area contributed by atoms with E-state index in [-0.39, 0.29) is 12.1 Å². The summed E-state index contributed by atoms with van der Waals surface area (Å²) in [6.07, 6.45) is 2.23. The average Bonchev–Trinajstić information content (AvgIpc) is 3.29. The van der Waals surface area contributed by atoms with Crippen LogP contribution >= 0.6 is 22.7 Å². The Morgan fingerprint density at radius 1 is 1.35 bits per heavy atom. The van der Waals surface area contributed by atoms with Gasteiger partial charge in [0.25, 0.3) is 5.56 Å². The fourth-order valence-electron chi connectivity index (χ4n) is 2.34. The number of rotatable bonds is 4. The van der Waals surface area contributed by atoms with E-state index in [1.165, 1.54) is 22.2 Å². The highest BCUT2D eigenvalue weighted by Crippen LogP contribution is 2.33. The molecule has 0 aliphatic heterocycles. The van der Waals surface area contributed by atoms with Gasteiger partial charge in [0.2, 0.25) is 5.89 Å². The van der Waals surface area contributed by atoms with E-state index in [0.29, 0.717) is 23.5 Å². The van der Waals surface area contributed by atoms with Crippen LogP contribution in [0.15, 0.2) is 38.5 Å². The Morgan fingerprint density at radius 3 is 3.00 bits per heavy atom. The van der Waals surface area contributed by atoms with Crippen LogP contribution in [0.4, 0.5) is 0 Å². The summed E-state index contributed by atoms with van der Waals surface area (Å²) in [6, 6.07) is 3.98. The minimum atomic E-state index is -0.0871. The Balaban J connectivity index is 1.81. The molecule has 0 atom stereocenters. The monoisotopic (exact) mass is 344 g/mol. The van der Waals surface area contributed by atoms with Gasteiger partial charge in [0, 0.05) is 22.2 Å². The third-order valence-electron chi connectivity index (χ3n) is 3.48. The summed E-state index contributed by atoms with van der Waals surface area (Å²) in [5.74, 6) is 1.05. The molecular weight excluding hydrogens is 332 g/mol. The second kappa shape index (κ2) is 5.71. The van der Waals surface area contributed by atoms with Crippen molar-refractivity contribution in [3.8, 4) is 10.4 Å². The van der Waals surface area contributed by atoms with Gasteiger partial charge < -0.3 is 4.52 Å². The smallest absolute Gasteiger partial charge is 0.263 e. The molecule has 0 fully saturated rings. The van der Waals surface area contributed by atoms with Gasteiger partial charge in [0.1, 0.15) is 11.4 Å². The predicted molar refractivity (Wildman–Crippen MR) is 90.0 cm³/mol. The Labute approximate surface area is 139 Å². The normalized spacial score (nSPS) is 11.3. The van der Waals surface area contributed by atoms with E-state index >= 15 is 0 Å². The molecule has 0 N–H and O–H groups in total. The highest BCUT2D eigenvalue weighted by Gasteiger charge is 2.15. The van der Waals surface area contributed by atoms with Crippen LogP contribution in [0.2, 0.25) is 0 Å². The standard InChI is InChI=1S/C15H12N4O2S2/c1-2-11-17-12(21-18-11)6-19-8-16-14-13(15(19)20)9(7-23-14)10-4-3-5-22-10/h3-5,7-8H,2,6H2,1H3. The van der Waals surface area contributed by atoms with Crippen molar-refractivity contribution < 1.29 is 4.52 Å². The minimum absolute atomic E-state index is 0.0871. The Bertz CT molecular complexity index is 1010. The molecule has 0 unspecified atom stereocenters. The second-order valence-corrected chi connectivity index (χ2v) is 6.75. The number of aryl methyl sites for hydroxylation is 1. The van der Waals surface area contributed by atoms with Crippen molar-refractivity contribution in [2.75, 3.05) is 0 Å². The first-order chi connectivity index (χ1) is 11.3. The summed E-state index contributed by atoms with van der Waals surface area (Å²) in [7, 11) is 0. The number of hydrogen-bond donors (Lipinski definition) is 0. The molecule has 0 aromatic carbocycles. The zero-order valence-electron chi connectivity index (χ0n) is 12.2. The summed E-state index contributed by atoms with van der Waals surface area (Å²) in [5, 5.41) is 8.48. The maximum Gasteiger partial charge on any atom is 0.263 e. The molecule has 0 aliphatic carbocycles. The van der Waals surface area contributed by atoms with E-state index in [0.717, 1.165) is 15.3 Å². The Kier molecular flexibility index (Phi) is 3.55. The summed E-state index contributed by atoms with van der Waals surface area (Å²) in [4.78, 5) is 23.3. The van der Waals surface area contributed by atoms with Crippen LogP contribution in [0, 0.1) is 0 Å². The van der Waals surface area contributed by atoms with Crippen LogP contribution in [0.1, 0.15) is 18.6 Å². The molecular formula is C15H12N4O2S2. The minimum Gasteiger partial charge on any atom is -0.337 e. The van der Waals surface area contributed by atoms with Gasteiger partial charge >= 0.3 is 0 Å². The van der Waals surface area contributed by atoms with Crippen molar-refractivity contribution in [3.05, 3.63) is 51.3 Å². The maximum absolute atomic E-state index is 12.8. The van der Waals surface area contributed by atoms with Crippen molar-refractivity contribution in [2.45, 2.75) is 19.9 Å². The molecule has 0 spiro atoms. The lowest BCUT2D eigenvalue weighted by molar-refractivity contribution is 0.365. The first-order valence-corrected chi connectivity index (χ1v) is 8.84. The molecule has 0 amide bonds. The molecule has 6 nitrogen and oxygen atoms in total. The molecule has 0 radical (unpaired) electrons. The fraction of sp³-hybridized carbons (Fsp3) is 0.200. The number of thiophene rings is 2. The lowest BCUT2D eigenvalue weighted by Crippen LogP contribution is -2.21. The number of nitrogens with zero attached hydrogens (tertiary/aromatic N) is 4. The number of aromatic nitrogens is 4. The highest BCUT2D eigenvalue weighted by atomic mass is 32.1. The molecule has 4 aromatic rings. The van der Waals surface area contributed by atoms with Crippen LogP contribution < -0.4 is 5.56 Å². The molecule has 4 rings (SSSR count). The molecule has 4 aromatic heterocycles. The lowest BCUT2D eigenvalue weighted by atomic mass is 10.2. The molecule has 0 saturated heterocycles. The summed E-state index contributed by atoms with van der Waals surface area (Å²) in [6.45, 7) is 2.18. The van der Waals surface area contributed by atoms with Gasteiger partial charge in [-0.05, 0) is 11.4 Å². The third-order valence-corrected chi connectivity index (χ3v) is 5.27. The zero-order chi connectivity index (χ0) is 15.8. The van der Waals surface area contributed by atoms with Crippen LogP contribution in [-0.4, -0.2) is 19.7 Å². The molecule has 0 aliphatic rings. The zero-order valence-corrected chi connectivity index (χ0v) is 13.9. The van der Waals surface area contributed by atoms with Crippen molar-refractivity contribution in [1.82, 2.24) is 19.7 Å². The van der Waals surface area contributed by atoms with Crippen molar-refractivity contribution >= 4 is 32.9 Å². The second-order valence-electron chi connectivity index (χ2n) is 4.94. The molecule has 4 heterocycles. The van der Waals surface area contributed by atoms with Crippen molar-refractivity contribution in [2.24, 2.45) is 0 Å². The van der Waals surface area contributed by atoms with E-state index in [2.05, 4.69) is 15.1 Å². The van der Waals surface area contributed by atoms with Crippen molar-refractivity contribution in [3.63, 3.8) is 0 Å². The molecule has 8 heteroatoms. The van der Waals surface area contributed by atoms with E-state index < -0.39 is 0 Å². The van der Waals surface area contributed by atoms with Crippen LogP contribution in [0.5, 0.6) is 0 Å². The summed E-state index contributed by atoms with van der Waals surface area (Å²) in [5.41, 5.74) is 0.850. The van der Waals surface area contributed by atoms with Gasteiger partial charge in [0.15, 0.2) is 5.82 Å². The molecule has 0 saturated carbocycles. The predicted octanol–water partition coefficient (Wildman–Crippen LogP) is 3.18. The quantitative estimate of drug-likeness (QED) is 0.568. The van der Waals surface area contributed by atoms with Crippen LogP contribution in [0.3, 0.4) is 0 Å². The SMILES string of the molecule is CCc1noc(Cn2cnc3scc(-c4cccs4)c3c2=O)n1. The fourth-order valence-corrected chi connectivity index (χ4v) is 4.06.